The van der Waals surface area contributed by atoms with E-state index in [-0.39, 0.29) is 119 Å². The molecule has 0 N–H and O–H groups in total. The highest BCUT2D eigenvalue weighted by molar-refractivity contribution is 9.47. The Morgan fingerprint density at radius 2 is 0.514 bits per heavy atom. The minimum Gasteiger partial charge on any atom is -0.102 e. The summed E-state index contributed by atoms with van der Waals surface area (Å²) < 4.78 is 0. The van der Waals surface area contributed by atoms with Gasteiger partial charge in [-0.2, -0.15) is 0 Å². The van der Waals surface area contributed by atoms with Crippen LogP contribution in [0.15, 0.2) is 0 Å². The zero-order chi connectivity index (χ0) is 29.5. The first-order chi connectivity index (χ1) is 16.8. The fourth-order valence-electron chi connectivity index (χ4n) is 2.05. The van der Waals surface area contributed by atoms with E-state index in [1.807, 2.05) is 0 Å². The van der Waals surface area contributed by atoms with Gasteiger partial charge in [-0.15, -0.1) is 152 Å². The summed E-state index contributed by atoms with van der Waals surface area (Å²) in [5.41, 5.74) is 0. The van der Waals surface area contributed by atoms with Crippen LogP contribution < -0.4 is 0 Å². The molecule has 0 fully saturated rings. The molecular formula is H37P37. The Kier molecular flexibility index (Phi) is 41.7. The molecule has 22 atom stereocenters. The largest absolute Gasteiger partial charge is 0.102 e. The first-order valence-corrected chi connectivity index (χ1v) is 74.6. The highest BCUT2D eigenvalue weighted by Crippen LogP contribution is 3.41. The molecule has 0 spiro atoms. The lowest BCUT2D eigenvalue weighted by Crippen LogP contribution is -1.67. The van der Waals surface area contributed by atoms with Crippen LogP contribution in [-0.4, -0.2) is 0 Å². The molecular weight excluding hydrogens is 1150 g/mol. The number of rotatable bonds is 17. The van der Waals surface area contributed by atoms with E-state index in [0.29, 0.717) is 0 Å². The molecule has 0 aliphatic rings. The van der Waals surface area contributed by atoms with E-state index in [1.165, 1.54) is 0 Å². The van der Waals surface area contributed by atoms with Crippen LogP contribution in [0.4, 0.5) is 0 Å². The molecule has 2 radical (unpaired) electrons. The normalized spacial score (nSPS) is 16.8. The first-order valence-electron chi connectivity index (χ1n) is 8.29. The molecule has 0 aliphatic heterocycles. The maximum atomic E-state index is 4.31. The smallest absolute Gasteiger partial charge is 0.000199 e. The predicted molar refractivity (Wildman–Crippen MR) is 308 cm³/mol. The molecule has 22 unspecified atom stereocenters. The van der Waals surface area contributed by atoms with Crippen LogP contribution in [0, 0.1) is 0 Å². The Morgan fingerprint density at radius 3 is 0.676 bits per heavy atom. The minimum atomic E-state index is -0.208. The number of hydrogen-bond acceptors (Lipinski definition) is 0. The molecule has 0 aromatic rings. The highest BCUT2D eigenvalue weighted by atomic mass is 33.5. The summed E-state index contributed by atoms with van der Waals surface area (Å²) in [6.07, 6.45) is 0. The average Bonchev–Trinajstić information content (AvgIpc) is 2.68. The van der Waals surface area contributed by atoms with Gasteiger partial charge < -0.3 is 0 Å². The Labute approximate surface area is 292 Å². The van der Waals surface area contributed by atoms with Crippen LogP contribution in [0.1, 0.15) is 0 Å². The average molecular weight is 1180 g/mol. The lowest BCUT2D eigenvalue weighted by Gasteiger charge is -2.54. The first kappa shape index (κ1) is 52.9. The summed E-state index contributed by atoms with van der Waals surface area (Å²) in [6.45, 7) is -1.51. The van der Waals surface area contributed by atoms with Crippen molar-refractivity contribution in [1.29, 1.82) is 0 Å². The maximum Gasteiger partial charge on any atom is -0.000199 e. The van der Waals surface area contributed by atoms with Gasteiger partial charge in [-0.1, -0.05) is 25.8 Å². The summed E-state index contributed by atoms with van der Waals surface area (Å²) in [4.78, 5) is 0. The van der Waals surface area contributed by atoms with E-state index in [9.17, 15) is 0 Å². The quantitative estimate of drug-likeness (QED) is 0.127. The molecule has 222 valence electrons. The van der Waals surface area contributed by atoms with Crippen molar-refractivity contribution < 1.29 is 0 Å². The molecule has 0 amide bonds. The topological polar surface area (TPSA) is 0 Å². The Morgan fingerprint density at radius 1 is 0.324 bits per heavy atom. The standard InChI is InChI=1S/H37P37/c1-20-30(21(2)3)35(31(22(4)5)23(6)7)37(34(28(16)17)29(18)19)36(32(24(8)9)25(10)11)33(26(12)13)27(14)15/h1-2,20H,3-19H2. The number of hydrogen-bond donors (Lipinski definition) is 0. The van der Waals surface area contributed by atoms with Gasteiger partial charge in [0, 0.05) is 0 Å². The van der Waals surface area contributed by atoms with Gasteiger partial charge in [0.1, 0.15) is 0 Å². The fraction of sp³-hybridized carbons (Fsp3) is 0. The van der Waals surface area contributed by atoms with Crippen molar-refractivity contribution in [3.05, 3.63) is 0 Å². The van der Waals surface area contributed by atoms with Crippen LogP contribution in [0.2, 0.25) is 0 Å². The molecule has 0 heterocycles. The van der Waals surface area contributed by atoms with Gasteiger partial charge in [-0.25, -0.2) is 0 Å². The lowest BCUT2D eigenvalue weighted by molar-refractivity contribution is 4.39. The van der Waals surface area contributed by atoms with E-state index < -0.39 is 0 Å². The predicted octanol–water partition coefficient (Wildman–Crippen LogP) is 22.0. The summed E-state index contributed by atoms with van der Waals surface area (Å²) >= 11 is 0. The van der Waals surface area contributed by atoms with Crippen molar-refractivity contribution in [1.82, 2.24) is 0 Å². The van der Waals surface area contributed by atoms with Crippen LogP contribution in [0.3, 0.4) is 0 Å². The van der Waals surface area contributed by atoms with Gasteiger partial charge in [-0.3, -0.25) is 0 Å². The monoisotopic (exact) mass is 1180 g/mol. The second-order valence-corrected chi connectivity index (χ2v) is 153. The van der Waals surface area contributed by atoms with E-state index in [4.69, 9.17) is 0 Å². The van der Waals surface area contributed by atoms with Crippen molar-refractivity contribution >= 4 is 296 Å². The summed E-state index contributed by atoms with van der Waals surface area (Å²) in [5, 5.41) is 0. The molecule has 37 heavy (non-hydrogen) atoms. The van der Waals surface area contributed by atoms with Crippen LogP contribution in [-0.2, 0) is 0 Å². The minimum absolute atomic E-state index is 0.0338. The van der Waals surface area contributed by atoms with Gasteiger partial charge in [-0.05, 0) is 119 Å². The van der Waals surface area contributed by atoms with E-state index in [1.54, 1.807) is 0 Å². The molecule has 0 nitrogen and oxygen atoms in total. The fourth-order valence-corrected chi connectivity index (χ4v) is 499. The van der Waals surface area contributed by atoms with E-state index in [2.05, 4.69) is 170 Å². The van der Waals surface area contributed by atoms with Crippen LogP contribution in [0.25, 0.3) is 0 Å². The van der Waals surface area contributed by atoms with Gasteiger partial charge in [0.05, 0.1) is 0 Å². The van der Waals surface area contributed by atoms with Crippen molar-refractivity contribution in [2.45, 2.75) is 0 Å². The van der Waals surface area contributed by atoms with Gasteiger partial charge >= 0.3 is 0 Å². The van der Waals surface area contributed by atoms with Gasteiger partial charge in [0.2, 0.25) is 0 Å². The van der Waals surface area contributed by atoms with Crippen LogP contribution in [0.5, 0.6) is 0 Å². The van der Waals surface area contributed by atoms with Gasteiger partial charge in [0.25, 0.3) is 0 Å². The maximum absolute atomic E-state index is 4.31. The summed E-state index contributed by atoms with van der Waals surface area (Å²) in [6, 6.07) is 0. The van der Waals surface area contributed by atoms with Crippen LogP contribution >= 0.6 is 296 Å². The van der Waals surface area contributed by atoms with Gasteiger partial charge in [0.15, 0.2) is 0 Å². The molecule has 0 aliphatic carbocycles. The second-order valence-electron chi connectivity index (χ2n) is 5.66. The third-order valence-corrected chi connectivity index (χ3v) is 250. The molecule has 0 saturated carbocycles. The Balaban J connectivity index is 7.97. The summed E-state index contributed by atoms with van der Waals surface area (Å²) in [5.74, 6) is 0. The third kappa shape index (κ3) is 19.3. The molecule has 0 aromatic carbocycles. The molecule has 0 bridgehead atoms. The molecule has 0 aromatic heterocycles. The summed E-state index contributed by atoms with van der Waals surface area (Å²) in [7, 11) is 66.4. The SMILES string of the molecule is [PH]PP(P([PH])P)P(P(P(P)P)P(P)P)P(P(P(P)P)P(P)P)P(P(P(P)P)P(P)P)P(P(P)P)P(P)P. The highest BCUT2D eigenvalue weighted by Gasteiger charge is 2.54. The Hall–Kier alpha value is 15.9. The second kappa shape index (κ2) is 29.2. The zero-order valence-corrected chi connectivity index (χ0v) is 56.8. The lowest BCUT2D eigenvalue weighted by atomic mass is 28.4. The zero-order valence-electron chi connectivity index (χ0n) is 18.9. The third-order valence-electron chi connectivity index (χ3n) is 3.09. The Bertz CT molecular complexity index is 523. The van der Waals surface area contributed by atoms with Crippen molar-refractivity contribution in [3.8, 4) is 0 Å². The van der Waals surface area contributed by atoms with Crippen molar-refractivity contribution in [3.63, 3.8) is 0 Å². The van der Waals surface area contributed by atoms with E-state index >= 15 is 0 Å². The molecule has 0 rings (SSSR count). The molecule has 37 heteroatoms. The van der Waals surface area contributed by atoms with Crippen molar-refractivity contribution in [2.24, 2.45) is 0 Å². The van der Waals surface area contributed by atoms with Crippen molar-refractivity contribution in [2.75, 3.05) is 0 Å². The van der Waals surface area contributed by atoms with E-state index in [0.717, 1.165) is 7.96 Å². The molecule has 0 saturated heterocycles.